The summed E-state index contributed by atoms with van der Waals surface area (Å²) in [6.45, 7) is 5.22. The molecule has 0 heterocycles. The fraction of sp³-hybridized carbons (Fsp3) is 0.556. The SMILES string of the molecule is COC(=O)C(NC(=O)OC(C)(C)C)=C(I)I. The molecule has 7 heteroatoms. The lowest BCUT2D eigenvalue weighted by Gasteiger charge is -2.20. The second-order valence-electron chi connectivity index (χ2n) is 3.75. The lowest BCUT2D eigenvalue weighted by molar-refractivity contribution is -0.136. The van der Waals surface area contributed by atoms with Gasteiger partial charge in [-0.2, -0.15) is 0 Å². The smallest absolute Gasteiger partial charge is 0.412 e. The number of halogens is 2. The summed E-state index contributed by atoms with van der Waals surface area (Å²) < 4.78 is 10.1. The minimum absolute atomic E-state index is 0.0814. The standard InChI is InChI=1S/C9H13I2NO4/c1-9(2,3)16-8(14)12-5(6(10)11)7(13)15-4/h1-4H3,(H,12,14). The van der Waals surface area contributed by atoms with Crippen LogP contribution >= 0.6 is 45.2 Å². The number of hydrogen-bond acceptors (Lipinski definition) is 4. The fourth-order valence-corrected chi connectivity index (χ4v) is 1.39. The summed E-state index contributed by atoms with van der Waals surface area (Å²) in [5.41, 5.74) is -0.528. The van der Waals surface area contributed by atoms with Crippen molar-refractivity contribution < 1.29 is 19.1 Å². The van der Waals surface area contributed by atoms with Crippen LogP contribution in [0.25, 0.3) is 0 Å². The number of alkyl carbamates (subject to hydrolysis) is 1. The third kappa shape index (κ3) is 6.51. The number of carbonyl (C=O) groups is 2. The summed E-state index contributed by atoms with van der Waals surface area (Å²) in [7, 11) is 1.25. The maximum atomic E-state index is 11.4. The van der Waals surface area contributed by atoms with E-state index < -0.39 is 17.7 Å². The van der Waals surface area contributed by atoms with Gasteiger partial charge in [-0.05, 0) is 66.0 Å². The highest BCUT2D eigenvalue weighted by Crippen LogP contribution is 2.20. The highest BCUT2D eigenvalue weighted by molar-refractivity contribution is 14.2. The Labute approximate surface area is 122 Å². The lowest BCUT2D eigenvalue weighted by Crippen LogP contribution is -2.34. The number of rotatable bonds is 2. The van der Waals surface area contributed by atoms with Crippen LogP contribution in [0, 0.1) is 0 Å². The highest BCUT2D eigenvalue weighted by atomic mass is 127. The molecule has 1 N–H and O–H groups in total. The summed E-state index contributed by atoms with van der Waals surface area (Å²) in [6.07, 6.45) is -0.682. The van der Waals surface area contributed by atoms with E-state index in [0.29, 0.717) is 1.59 Å². The van der Waals surface area contributed by atoms with Crippen molar-refractivity contribution in [2.24, 2.45) is 0 Å². The van der Waals surface area contributed by atoms with Gasteiger partial charge in [0, 0.05) is 0 Å². The van der Waals surface area contributed by atoms with Crippen molar-refractivity contribution in [2.75, 3.05) is 7.11 Å². The summed E-state index contributed by atoms with van der Waals surface area (Å²) in [5.74, 6) is -0.607. The van der Waals surface area contributed by atoms with Gasteiger partial charge in [0.2, 0.25) is 0 Å². The van der Waals surface area contributed by atoms with Crippen LogP contribution in [0.15, 0.2) is 7.28 Å². The molecular formula is C9H13I2NO4. The van der Waals surface area contributed by atoms with Gasteiger partial charge in [0.1, 0.15) is 11.3 Å². The van der Waals surface area contributed by atoms with Crippen LogP contribution in [0.3, 0.4) is 0 Å². The lowest BCUT2D eigenvalue weighted by atomic mass is 10.2. The second kappa shape index (κ2) is 6.62. The second-order valence-corrected chi connectivity index (χ2v) is 7.98. The van der Waals surface area contributed by atoms with Crippen molar-refractivity contribution in [2.45, 2.75) is 26.4 Å². The summed E-state index contributed by atoms with van der Waals surface area (Å²) >= 11 is 3.82. The molecule has 0 aromatic carbocycles. The minimum atomic E-state index is -0.682. The number of methoxy groups -OCH3 is 1. The molecular weight excluding hydrogens is 440 g/mol. The Morgan fingerprint density at radius 1 is 1.19 bits per heavy atom. The molecule has 0 spiro atoms. The van der Waals surface area contributed by atoms with Gasteiger partial charge in [-0.15, -0.1) is 0 Å². The predicted molar refractivity (Wildman–Crippen MR) is 76.5 cm³/mol. The maximum Gasteiger partial charge on any atom is 0.412 e. The van der Waals surface area contributed by atoms with E-state index >= 15 is 0 Å². The van der Waals surface area contributed by atoms with Crippen LogP contribution in [-0.4, -0.2) is 24.8 Å². The third-order valence-electron chi connectivity index (χ3n) is 1.20. The van der Waals surface area contributed by atoms with Crippen molar-refractivity contribution in [3.8, 4) is 0 Å². The van der Waals surface area contributed by atoms with Gasteiger partial charge in [-0.25, -0.2) is 9.59 Å². The Hall–Kier alpha value is -0.0600. The zero-order valence-corrected chi connectivity index (χ0v) is 13.7. The Morgan fingerprint density at radius 3 is 2.00 bits per heavy atom. The number of esters is 1. The summed E-state index contributed by atoms with van der Waals surface area (Å²) in [6, 6.07) is 0. The largest absolute Gasteiger partial charge is 0.464 e. The Morgan fingerprint density at radius 2 is 1.69 bits per heavy atom. The molecule has 92 valence electrons. The van der Waals surface area contributed by atoms with Gasteiger partial charge < -0.3 is 9.47 Å². The number of ether oxygens (including phenoxy) is 2. The van der Waals surface area contributed by atoms with Crippen molar-refractivity contribution in [3.63, 3.8) is 0 Å². The first-order valence-electron chi connectivity index (χ1n) is 4.31. The van der Waals surface area contributed by atoms with Crippen LogP contribution in [0.1, 0.15) is 20.8 Å². The number of amides is 1. The van der Waals surface area contributed by atoms with Gasteiger partial charge in [-0.1, -0.05) is 0 Å². The van der Waals surface area contributed by atoms with E-state index in [1.807, 2.05) is 45.2 Å². The molecule has 0 aliphatic heterocycles. The van der Waals surface area contributed by atoms with Gasteiger partial charge in [0.25, 0.3) is 0 Å². The van der Waals surface area contributed by atoms with Crippen LogP contribution < -0.4 is 5.32 Å². The van der Waals surface area contributed by atoms with Crippen molar-refractivity contribution in [3.05, 3.63) is 7.28 Å². The minimum Gasteiger partial charge on any atom is -0.464 e. The molecule has 16 heavy (non-hydrogen) atoms. The van der Waals surface area contributed by atoms with E-state index in [1.54, 1.807) is 20.8 Å². The molecule has 0 atom stereocenters. The van der Waals surface area contributed by atoms with Crippen molar-refractivity contribution in [1.82, 2.24) is 5.32 Å². The molecule has 0 bridgehead atoms. The Balaban J connectivity index is 4.63. The predicted octanol–water partition coefficient (Wildman–Crippen LogP) is 2.72. The Bertz CT molecular complexity index is 316. The van der Waals surface area contributed by atoms with E-state index in [0.717, 1.165) is 0 Å². The van der Waals surface area contributed by atoms with Gasteiger partial charge in [0.15, 0.2) is 0 Å². The molecule has 0 rings (SSSR count). The van der Waals surface area contributed by atoms with Crippen LogP contribution in [0.5, 0.6) is 0 Å². The molecule has 0 unspecified atom stereocenters. The summed E-state index contributed by atoms with van der Waals surface area (Å²) in [5, 5.41) is 2.35. The molecule has 5 nitrogen and oxygen atoms in total. The number of hydrogen-bond donors (Lipinski definition) is 1. The van der Waals surface area contributed by atoms with Gasteiger partial charge in [-0.3, -0.25) is 5.32 Å². The molecule has 1 amide bonds. The number of carbonyl (C=O) groups excluding carboxylic acids is 2. The molecule has 0 aliphatic carbocycles. The maximum absolute atomic E-state index is 11.4. The fourth-order valence-electron chi connectivity index (χ4n) is 0.683. The molecule has 0 saturated heterocycles. The first-order valence-corrected chi connectivity index (χ1v) is 6.46. The van der Waals surface area contributed by atoms with Gasteiger partial charge >= 0.3 is 12.1 Å². The zero-order valence-electron chi connectivity index (χ0n) is 9.39. The molecule has 0 aliphatic rings. The van der Waals surface area contributed by atoms with E-state index in [1.165, 1.54) is 7.11 Å². The van der Waals surface area contributed by atoms with Crippen molar-refractivity contribution in [1.29, 1.82) is 0 Å². The van der Waals surface area contributed by atoms with E-state index in [9.17, 15) is 9.59 Å². The molecule has 0 fully saturated rings. The monoisotopic (exact) mass is 453 g/mol. The zero-order chi connectivity index (χ0) is 12.9. The van der Waals surface area contributed by atoms with Crippen molar-refractivity contribution >= 4 is 57.2 Å². The van der Waals surface area contributed by atoms with Crippen LogP contribution in [0.4, 0.5) is 4.79 Å². The molecule has 0 aromatic rings. The summed E-state index contributed by atoms with van der Waals surface area (Å²) in [4.78, 5) is 22.7. The molecule has 0 radical (unpaired) electrons. The van der Waals surface area contributed by atoms with Gasteiger partial charge in [0.05, 0.1) is 8.70 Å². The van der Waals surface area contributed by atoms with E-state index in [4.69, 9.17) is 4.74 Å². The van der Waals surface area contributed by atoms with Crippen LogP contribution in [-0.2, 0) is 14.3 Å². The Kier molecular flexibility index (Phi) is 6.60. The highest BCUT2D eigenvalue weighted by Gasteiger charge is 2.21. The average molecular weight is 453 g/mol. The third-order valence-corrected chi connectivity index (χ3v) is 2.28. The first-order chi connectivity index (χ1) is 7.17. The number of nitrogens with one attached hydrogen (secondary N) is 1. The normalized spacial score (nSPS) is 10.4. The first kappa shape index (κ1) is 15.9. The average Bonchev–Trinajstić information content (AvgIpc) is 2.09. The van der Waals surface area contributed by atoms with E-state index in [-0.39, 0.29) is 5.70 Å². The quantitative estimate of drug-likeness (QED) is 0.397. The van der Waals surface area contributed by atoms with E-state index in [2.05, 4.69) is 10.1 Å². The van der Waals surface area contributed by atoms with Crippen LogP contribution in [0.2, 0.25) is 0 Å². The topological polar surface area (TPSA) is 64.6 Å². The molecule has 0 aromatic heterocycles. The molecule has 0 saturated carbocycles.